The number of aromatic amines is 1. The highest BCUT2D eigenvalue weighted by Crippen LogP contribution is 2.23. The molecule has 0 bridgehead atoms. The van der Waals surface area contributed by atoms with Gasteiger partial charge in [0.2, 0.25) is 0 Å². The van der Waals surface area contributed by atoms with Gasteiger partial charge in [-0.15, -0.1) is 0 Å². The predicted molar refractivity (Wildman–Crippen MR) is 81.3 cm³/mol. The van der Waals surface area contributed by atoms with Crippen LogP contribution >= 0.6 is 28.1 Å². The Balaban J connectivity index is 2.55. The summed E-state index contributed by atoms with van der Waals surface area (Å²) in [6, 6.07) is 8.22. The normalized spacial score (nSPS) is 10.6. The Labute approximate surface area is 121 Å². The Bertz CT molecular complexity index is 602. The van der Waals surface area contributed by atoms with Gasteiger partial charge in [0.15, 0.2) is 0 Å². The van der Waals surface area contributed by atoms with Crippen LogP contribution in [0.4, 0.5) is 0 Å². The number of H-pyrrole nitrogens is 1. The van der Waals surface area contributed by atoms with E-state index in [1.165, 1.54) is 0 Å². The minimum absolute atomic E-state index is 0.690. The van der Waals surface area contributed by atoms with Gasteiger partial charge in [-0.3, -0.25) is 0 Å². The van der Waals surface area contributed by atoms with Gasteiger partial charge >= 0.3 is 0 Å². The molecule has 18 heavy (non-hydrogen) atoms. The van der Waals surface area contributed by atoms with E-state index in [0.717, 1.165) is 40.0 Å². The number of hydrogen-bond donors (Lipinski definition) is 1. The summed E-state index contributed by atoms with van der Waals surface area (Å²) in [5.74, 6) is 0.964. The second-order valence-electron chi connectivity index (χ2n) is 4.25. The van der Waals surface area contributed by atoms with E-state index >= 15 is 0 Å². The van der Waals surface area contributed by atoms with Crippen LogP contribution in [-0.2, 0) is 6.42 Å². The van der Waals surface area contributed by atoms with Crippen LogP contribution in [0.15, 0.2) is 28.7 Å². The number of aryl methyl sites for hydroxylation is 1. The molecule has 0 atom stereocenters. The first-order valence-corrected chi connectivity index (χ1v) is 7.17. The largest absolute Gasteiger partial charge is 0.343 e. The third-order valence-corrected chi connectivity index (χ3v) is 3.75. The Morgan fingerprint density at radius 3 is 2.56 bits per heavy atom. The lowest BCUT2D eigenvalue weighted by Crippen LogP contribution is -2.00. The smallest absolute Gasteiger partial charge is 0.133 e. The zero-order valence-corrected chi connectivity index (χ0v) is 12.9. The van der Waals surface area contributed by atoms with Crippen molar-refractivity contribution in [1.29, 1.82) is 0 Å². The molecule has 0 saturated heterocycles. The van der Waals surface area contributed by atoms with E-state index in [9.17, 15) is 0 Å². The molecule has 0 saturated carbocycles. The Hall–Kier alpha value is -1.00. The highest BCUT2D eigenvalue weighted by Gasteiger charge is 2.06. The van der Waals surface area contributed by atoms with Gasteiger partial charge in [0, 0.05) is 16.5 Å². The molecule has 0 unspecified atom stereocenters. The fraction of sp³-hybridized carbons (Fsp3) is 0.286. The number of aromatic nitrogens is 2. The van der Waals surface area contributed by atoms with Crippen molar-refractivity contribution >= 4 is 28.1 Å². The van der Waals surface area contributed by atoms with Crippen molar-refractivity contribution < 1.29 is 0 Å². The molecular formula is C14H15BrN2S. The fourth-order valence-electron chi connectivity index (χ4n) is 1.84. The third kappa shape index (κ3) is 2.87. The van der Waals surface area contributed by atoms with E-state index in [2.05, 4.69) is 45.0 Å². The summed E-state index contributed by atoms with van der Waals surface area (Å²) in [4.78, 5) is 7.81. The molecule has 94 valence electrons. The van der Waals surface area contributed by atoms with Crippen molar-refractivity contribution in [2.75, 3.05) is 0 Å². The number of halogens is 1. The van der Waals surface area contributed by atoms with E-state index in [1.807, 2.05) is 19.1 Å². The molecule has 1 aromatic heterocycles. The molecule has 1 aromatic carbocycles. The van der Waals surface area contributed by atoms with Gasteiger partial charge in [-0.25, -0.2) is 4.98 Å². The number of nitrogens with zero attached hydrogens (tertiary/aromatic N) is 1. The Morgan fingerprint density at radius 1 is 1.28 bits per heavy atom. The standard InChI is InChI=1S/C14H15BrN2S/c1-3-4-12-16-13(9(2)14(18)17-12)10-5-7-11(15)8-6-10/h5-8H,3-4H2,1-2H3,(H,16,17,18). The lowest BCUT2D eigenvalue weighted by Gasteiger charge is -2.09. The second-order valence-corrected chi connectivity index (χ2v) is 5.55. The van der Waals surface area contributed by atoms with Gasteiger partial charge in [0.1, 0.15) is 10.5 Å². The maximum Gasteiger partial charge on any atom is 0.133 e. The van der Waals surface area contributed by atoms with Crippen molar-refractivity contribution in [3.8, 4) is 11.3 Å². The molecule has 4 heteroatoms. The van der Waals surface area contributed by atoms with Crippen LogP contribution in [-0.4, -0.2) is 9.97 Å². The lowest BCUT2D eigenvalue weighted by molar-refractivity contribution is 0.829. The predicted octanol–water partition coefficient (Wildman–Crippen LogP) is 4.83. The second kappa shape index (κ2) is 5.76. The molecule has 1 heterocycles. The zero-order chi connectivity index (χ0) is 13.1. The summed E-state index contributed by atoms with van der Waals surface area (Å²) >= 11 is 8.78. The van der Waals surface area contributed by atoms with E-state index in [1.54, 1.807) is 0 Å². The average molecular weight is 323 g/mol. The van der Waals surface area contributed by atoms with Crippen molar-refractivity contribution in [3.05, 3.63) is 44.8 Å². The number of nitrogens with one attached hydrogen (secondary N) is 1. The number of hydrogen-bond acceptors (Lipinski definition) is 2. The summed E-state index contributed by atoms with van der Waals surface area (Å²) in [7, 11) is 0. The SMILES string of the molecule is CCCc1nc(=S)c(C)c(-c2ccc(Br)cc2)[nH]1. The highest BCUT2D eigenvalue weighted by atomic mass is 79.9. The molecular weight excluding hydrogens is 308 g/mol. The van der Waals surface area contributed by atoms with Crippen LogP contribution in [0.1, 0.15) is 24.7 Å². The first-order chi connectivity index (χ1) is 8.61. The molecule has 0 fully saturated rings. The van der Waals surface area contributed by atoms with Crippen LogP contribution in [0.2, 0.25) is 0 Å². The van der Waals surface area contributed by atoms with Gasteiger partial charge < -0.3 is 4.98 Å². The van der Waals surface area contributed by atoms with Crippen molar-refractivity contribution in [2.24, 2.45) is 0 Å². The van der Waals surface area contributed by atoms with Crippen molar-refractivity contribution in [1.82, 2.24) is 9.97 Å². The summed E-state index contributed by atoms with van der Waals surface area (Å²) < 4.78 is 1.76. The summed E-state index contributed by atoms with van der Waals surface area (Å²) in [6.45, 7) is 4.15. The first kappa shape index (κ1) is 13.4. The molecule has 0 radical (unpaired) electrons. The average Bonchev–Trinajstić information content (AvgIpc) is 2.35. The number of benzene rings is 1. The molecule has 2 aromatic rings. The lowest BCUT2D eigenvalue weighted by atomic mass is 10.1. The highest BCUT2D eigenvalue weighted by molar-refractivity contribution is 9.10. The van der Waals surface area contributed by atoms with Gasteiger partial charge in [0.05, 0.1) is 5.69 Å². The minimum Gasteiger partial charge on any atom is -0.343 e. The van der Waals surface area contributed by atoms with Gasteiger partial charge in [0.25, 0.3) is 0 Å². The van der Waals surface area contributed by atoms with Crippen LogP contribution in [0.25, 0.3) is 11.3 Å². The Kier molecular flexibility index (Phi) is 4.30. The zero-order valence-electron chi connectivity index (χ0n) is 10.5. The quantitative estimate of drug-likeness (QED) is 0.820. The van der Waals surface area contributed by atoms with Crippen LogP contribution in [0.5, 0.6) is 0 Å². The molecule has 0 spiro atoms. The molecule has 1 N–H and O–H groups in total. The minimum atomic E-state index is 0.690. The van der Waals surface area contributed by atoms with Crippen molar-refractivity contribution in [2.45, 2.75) is 26.7 Å². The van der Waals surface area contributed by atoms with Crippen molar-refractivity contribution in [3.63, 3.8) is 0 Å². The van der Waals surface area contributed by atoms with Gasteiger partial charge in [-0.2, -0.15) is 0 Å². The molecule has 0 aliphatic rings. The van der Waals surface area contributed by atoms with E-state index in [-0.39, 0.29) is 0 Å². The van der Waals surface area contributed by atoms with E-state index in [4.69, 9.17) is 12.2 Å². The van der Waals surface area contributed by atoms with Crippen LogP contribution in [0, 0.1) is 11.6 Å². The number of rotatable bonds is 3. The third-order valence-electron chi connectivity index (χ3n) is 2.82. The first-order valence-electron chi connectivity index (χ1n) is 5.97. The molecule has 2 nitrogen and oxygen atoms in total. The monoisotopic (exact) mass is 322 g/mol. The molecule has 2 rings (SSSR count). The summed E-state index contributed by atoms with van der Waals surface area (Å²) in [5.41, 5.74) is 3.25. The fourth-order valence-corrected chi connectivity index (χ4v) is 2.32. The summed E-state index contributed by atoms with van der Waals surface area (Å²) in [6.07, 6.45) is 1.98. The molecule has 0 aliphatic heterocycles. The molecule has 0 aliphatic carbocycles. The topological polar surface area (TPSA) is 28.7 Å². The van der Waals surface area contributed by atoms with Crippen LogP contribution in [0.3, 0.4) is 0 Å². The maximum absolute atomic E-state index is 5.33. The van der Waals surface area contributed by atoms with E-state index in [0.29, 0.717) is 4.64 Å². The maximum atomic E-state index is 5.33. The van der Waals surface area contributed by atoms with Gasteiger partial charge in [-0.05, 0) is 31.0 Å². The van der Waals surface area contributed by atoms with Gasteiger partial charge in [-0.1, -0.05) is 47.2 Å². The summed E-state index contributed by atoms with van der Waals surface area (Å²) in [5, 5.41) is 0. The molecule has 0 amide bonds. The Morgan fingerprint density at radius 2 is 1.94 bits per heavy atom. The van der Waals surface area contributed by atoms with Crippen LogP contribution < -0.4 is 0 Å². The van der Waals surface area contributed by atoms with E-state index < -0.39 is 0 Å².